The van der Waals surface area contributed by atoms with Crippen molar-refractivity contribution in [2.45, 2.75) is 58.9 Å². The van der Waals surface area contributed by atoms with E-state index in [1.165, 1.54) is 16.7 Å². The second-order valence-corrected chi connectivity index (χ2v) is 9.80. The van der Waals surface area contributed by atoms with Gasteiger partial charge in [0, 0.05) is 37.5 Å². The maximum absolute atomic E-state index is 13.1. The maximum atomic E-state index is 13.1. The molecular weight excluding hydrogens is 466 g/mol. The molecule has 1 aromatic carbocycles. The average molecular weight is 500 g/mol. The summed E-state index contributed by atoms with van der Waals surface area (Å²) in [5.41, 5.74) is 4.58. The molecule has 0 saturated heterocycles. The molecule has 0 spiro atoms. The predicted molar refractivity (Wildman–Crippen MR) is 134 cm³/mol. The predicted octanol–water partition coefficient (Wildman–Crippen LogP) is 5.36. The minimum atomic E-state index is -0.135. The molecule has 1 aliphatic carbocycles. The first-order valence-corrected chi connectivity index (χ1v) is 12.8. The van der Waals surface area contributed by atoms with Gasteiger partial charge in [-0.15, -0.1) is 0 Å². The van der Waals surface area contributed by atoms with Crippen LogP contribution >= 0.6 is 15.9 Å². The first kappa shape index (κ1) is 23.2. The van der Waals surface area contributed by atoms with Crippen molar-refractivity contribution in [3.05, 3.63) is 40.0 Å². The Labute approximate surface area is 199 Å². The number of amides is 1. The van der Waals surface area contributed by atoms with Gasteiger partial charge in [0.15, 0.2) is 0 Å². The number of aromatic nitrogens is 1. The van der Waals surface area contributed by atoms with Crippen LogP contribution in [0.2, 0.25) is 0 Å². The zero-order valence-electron chi connectivity index (χ0n) is 19.7. The van der Waals surface area contributed by atoms with E-state index in [0.717, 1.165) is 60.8 Å². The summed E-state index contributed by atoms with van der Waals surface area (Å²) in [5.74, 6) is 0.223. The van der Waals surface area contributed by atoms with Crippen LogP contribution in [-0.2, 0) is 11.2 Å². The Morgan fingerprint density at radius 2 is 1.91 bits per heavy atom. The van der Waals surface area contributed by atoms with Crippen LogP contribution in [0.25, 0.3) is 16.5 Å². The SMILES string of the molecule is CCCCCC(=O)n1c(Br)c2c3c(cccc31)C1=C[C@@H](C(=O)N(CC)CC)CN(C)[C@@H]1C2. The van der Waals surface area contributed by atoms with Gasteiger partial charge in [-0.05, 0) is 72.4 Å². The van der Waals surface area contributed by atoms with E-state index < -0.39 is 0 Å². The number of carbonyl (C=O) groups excluding carboxylic acids is 2. The number of likely N-dealkylation sites (N-methyl/N-ethyl adjacent to an activating group) is 1. The van der Waals surface area contributed by atoms with E-state index in [-0.39, 0.29) is 23.8 Å². The Morgan fingerprint density at radius 1 is 1.16 bits per heavy atom. The van der Waals surface area contributed by atoms with Crippen LogP contribution in [0.3, 0.4) is 0 Å². The molecule has 0 fully saturated rings. The second-order valence-electron chi connectivity index (χ2n) is 9.05. The minimum absolute atomic E-state index is 0.135. The average Bonchev–Trinajstić information content (AvgIpc) is 3.07. The molecule has 4 rings (SSSR count). The number of unbranched alkanes of at least 4 members (excludes halogenated alkanes) is 2. The Kier molecular flexibility index (Phi) is 6.91. The maximum Gasteiger partial charge on any atom is 0.231 e. The molecule has 32 heavy (non-hydrogen) atoms. The number of nitrogens with zero attached hydrogens (tertiary/aromatic N) is 3. The molecule has 0 unspecified atom stereocenters. The standard InChI is InChI=1S/C26H34BrN3O2/c1-5-8-9-13-23(31)30-21-12-10-11-18-19-14-17(26(32)29(6-2)7-3)16-28(4)22(19)15-20(24(18)21)25(30)27/h10-12,14,17,22H,5-9,13,15-16H2,1-4H3/t17-,22-/m1/s1. The highest BCUT2D eigenvalue weighted by Gasteiger charge is 2.38. The summed E-state index contributed by atoms with van der Waals surface area (Å²) in [4.78, 5) is 30.5. The van der Waals surface area contributed by atoms with Gasteiger partial charge in [-0.25, -0.2) is 0 Å². The fraction of sp³-hybridized carbons (Fsp3) is 0.538. The van der Waals surface area contributed by atoms with Crippen LogP contribution in [0.4, 0.5) is 0 Å². The van der Waals surface area contributed by atoms with Gasteiger partial charge in [0.2, 0.25) is 11.8 Å². The summed E-state index contributed by atoms with van der Waals surface area (Å²) in [5, 5.41) is 1.16. The number of benzene rings is 1. The summed E-state index contributed by atoms with van der Waals surface area (Å²) < 4.78 is 2.77. The number of fused-ring (bicyclic) bond motifs is 2. The lowest BCUT2D eigenvalue weighted by Crippen LogP contribution is -2.47. The number of hydrogen-bond donors (Lipinski definition) is 0. The van der Waals surface area contributed by atoms with E-state index in [1.54, 1.807) is 0 Å². The molecule has 5 nitrogen and oxygen atoms in total. The second kappa shape index (κ2) is 9.52. The van der Waals surface area contributed by atoms with E-state index in [0.29, 0.717) is 6.42 Å². The molecule has 2 aromatic rings. The van der Waals surface area contributed by atoms with Crippen LogP contribution < -0.4 is 0 Å². The van der Waals surface area contributed by atoms with Crippen LogP contribution in [-0.4, -0.2) is 58.9 Å². The van der Waals surface area contributed by atoms with Gasteiger partial charge >= 0.3 is 0 Å². The molecule has 1 amide bonds. The van der Waals surface area contributed by atoms with Crippen molar-refractivity contribution in [2.24, 2.45) is 5.92 Å². The van der Waals surface area contributed by atoms with Gasteiger partial charge in [-0.3, -0.25) is 19.1 Å². The molecule has 2 heterocycles. The third-order valence-electron chi connectivity index (χ3n) is 7.13. The Balaban J connectivity index is 1.79. The third kappa shape index (κ3) is 3.86. The molecule has 1 aromatic heterocycles. The smallest absolute Gasteiger partial charge is 0.231 e. The highest BCUT2D eigenvalue weighted by Crippen LogP contribution is 2.45. The number of rotatable bonds is 7. The van der Waals surface area contributed by atoms with Crippen molar-refractivity contribution in [1.82, 2.24) is 14.4 Å². The van der Waals surface area contributed by atoms with Gasteiger partial charge in [-0.1, -0.05) is 38.0 Å². The molecular formula is C26H34BrN3O2. The molecule has 0 N–H and O–H groups in total. The highest BCUT2D eigenvalue weighted by atomic mass is 79.9. The molecule has 1 aliphatic heterocycles. The zero-order chi connectivity index (χ0) is 23.0. The summed E-state index contributed by atoms with van der Waals surface area (Å²) in [7, 11) is 2.12. The van der Waals surface area contributed by atoms with Gasteiger partial charge in [-0.2, -0.15) is 0 Å². The van der Waals surface area contributed by atoms with Crippen molar-refractivity contribution in [3.8, 4) is 0 Å². The molecule has 2 aliphatic rings. The summed E-state index contributed by atoms with van der Waals surface area (Å²) in [6.07, 6.45) is 6.71. The minimum Gasteiger partial charge on any atom is -0.343 e. The summed E-state index contributed by atoms with van der Waals surface area (Å²) >= 11 is 3.79. The Hall–Kier alpha value is -1.92. The third-order valence-corrected chi connectivity index (χ3v) is 7.96. The number of carbonyl (C=O) groups is 2. The summed E-state index contributed by atoms with van der Waals surface area (Å²) in [6, 6.07) is 6.47. The number of halogens is 1. The lowest BCUT2D eigenvalue weighted by molar-refractivity contribution is -0.134. The molecule has 172 valence electrons. The van der Waals surface area contributed by atoms with Crippen molar-refractivity contribution < 1.29 is 9.59 Å². The summed E-state index contributed by atoms with van der Waals surface area (Å²) in [6.45, 7) is 8.42. The largest absolute Gasteiger partial charge is 0.343 e. The van der Waals surface area contributed by atoms with E-state index in [1.807, 2.05) is 29.4 Å². The van der Waals surface area contributed by atoms with Crippen molar-refractivity contribution >= 4 is 44.2 Å². The molecule has 0 bridgehead atoms. The fourth-order valence-electron chi connectivity index (χ4n) is 5.40. The van der Waals surface area contributed by atoms with E-state index in [9.17, 15) is 9.59 Å². The van der Waals surface area contributed by atoms with Gasteiger partial charge < -0.3 is 4.90 Å². The normalized spacial score (nSPS) is 20.2. The van der Waals surface area contributed by atoms with Crippen LogP contribution in [0.5, 0.6) is 0 Å². The van der Waals surface area contributed by atoms with Crippen molar-refractivity contribution in [1.29, 1.82) is 0 Å². The van der Waals surface area contributed by atoms with Gasteiger partial charge in [0.05, 0.1) is 16.0 Å². The fourth-order valence-corrected chi connectivity index (χ4v) is 6.15. The first-order valence-electron chi connectivity index (χ1n) is 12.0. The zero-order valence-corrected chi connectivity index (χ0v) is 21.2. The molecule has 6 heteroatoms. The Bertz CT molecular complexity index is 1070. The van der Waals surface area contributed by atoms with E-state index in [4.69, 9.17) is 0 Å². The van der Waals surface area contributed by atoms with Crippen molar-refractivity contribution in [3.63, 3.8) is 0 Å². The molecule has 0 saturated carbocycles. The quantitative estimate of drug-likeness (QED) is 0.481. The molecule has 2 atom stereocenters. The van der Waals surface area contributed by atoms with E-state index in [2.05, 4.69) is 53.0 Å². The van der Waals surface area contributed by atoms with E-state index >= 15 is 0 Å². The van der Waals surface area contributed by atoms with Crippen LogP contribution in [0, 0.1) is 5.92 Å². The van der Waals surface area contributed by atoms with Crippen LogP contribution in [0.1, 0.15) is 62.4 Å². The molecule has 0 radical (unpaired) electrons. The topological polar surface area (TPSA) is 45.6 Å². The Morgan fingerprint density at radius 3 is 2.59 bits per heavy atom. The lowest BCUT2D eigenvalue weighted by Gasteiger charge is -2.40. The highest BCUT2D eigenvalue weighted by molar-refractivity contribution is 9.10. The van der Waals surface area contributed by atoms with Gasteiger partial charge in [0.25, 0.3) is 0 Å². The number of hydrogen-bond acceptors (Lipinski definition) is 3. The monoisotopic (exact) mass is 499 g/mol. The van der Waals surface area contributed by atoms with Crippen LogP contribution in [0.15, 0.2) is 28.9 Å². The van der Waals surface area contributed by atoms with Crippen molar-refractivity contribution in [2.75, 3.05) is 26.7 Å². The lowest BCUT2D eigenvalue weighted by atomic mass is 9.79. The first-order chi connectivity index (χ1) is 15.4. The van der Waals surface area contributed by atoms with Gasteiger partial charge in [0.1, 0.15) is 0 Å².